The van der Waals surface area contributed by atoms with Crippen molar-refractivity contribution in [1.29, 1.82) is 0 Å². The van der Waals surface area contributed by atoms with Crippen molar-refractivity contribution in [3.05, 3.63) is 65.2 Å². The van der Waals surface area contributed by atoms with E-state index in [4.69, 9.17) is 0 Å². The van der Waals surface area contributed by atoms with Gasteiger partial charge in [-0.2, -0.15) is 0 Å². The summed E-state index contributed by atoms with van der Waals surface area (Å²) in [6.45, 7) is 14.4. The van der Waals surface area contributed by atoms with Crippen LogP contribution in [0.1, 0.15) is 62.1 Å². The van der Waals surface area contributed by atoms with Crippen molar-refractivity contribution in [2.75, 3.05) is 32.7 Å². The fraction of sp³-hybridized carbons (Fsp3) is 0.464. The molecule has 5 nitrogen and oxygen atoms in total. The normalized spacial score (nSPS) is 20.0. The second kappa shape index (κ2) is 11.4. The summed E-state index contributed by atoms with van der Waals surface area (Å²) in [4.78, 5) is 19.6. The molecule has 3 rings (SSSR count). The van der Waals surface area contributed by atoms with Gasteiger partial charge in [-0.15, -0.1) is 5.92 Å². The van der Waals surface area contributed by atoms with Crippen molar-refractivity contribution >= 4 is 5.91 Å². The van der Waals surface area contributed by atoms with Crippen LogP contribution in [0.5, 0.6) is 5.75 Å². The highest BCUT2D eigenvalue weighted by Gasteiger charge is 2.34. The van der Waals surface area contributed by atoms with E-state index in [1.165, 1.54) is 0 Å². The van der Waals surface area contributed by atoms with Gasteiger partial charge in [0.25, 0.3) is 5.91 Å². The van der Waals surface area contributed by atoms with Crippen molar-refractivity contribution in [2.45, 2.75) is 52.7 Å². The highest BCUT2D eigenvalue weighted by Crippen LogP contribution is 2.33. The Hall–Kier alpha value is -2.81. The molecule has 176 valence electrons. The molecule has 1 saturated heterocycles. The Kier molecular flexibility index (Phi) is 8.55. The summed E-state index contributed by atoms with van der Waals surface area (Å²) in [5.74, 6) is 6.56. The van der Waals surface area contributed by atoms with E-state index in [1.54, 1.807) is 6.07 Å². The molecule has 2 aromatic carbocycles. The van der Waals surface area contributed by atoms with Crippen LogP contribution >= 0.6 is 0 Å². The van der Waals surface area contributed by atoms with E-state index in [1.807, 2.05) is 49.9 Å². The van der Waals surface area contributed by atoms with Crippen LogP contribution in [-0.4, -0.2) is 70.5 Å². The maximum atomic E-state index is 12.8. The van der Waals surface area contributed by atoms with E-state index >= 15 is 0 Å². The Balaban J connectivity index is 1.93. The Morgan fingerprint density at radius 3 is 2.24 bits per heavy atom. The quantitative estimate of drug-likeness (QED) is 0.640. The van der Waals surface area contributed by atoms with Crippen LogP contribution in [0.15, 0.2) is 48.5 Å². The number of carbonyl (C=O) groups is 1. The fourth-order valence-electron chi connectivity index (χ4n) is 4.90. The topological polar surface area (TPSA) is 47.0 Å². The Morgan fingerprint density at radius 2 is 1.70 bits per heavy atom. The van der Waals surface area contributed by atoms with Gasteiger partial charge < -0.3 is 10.0 Å². The van der Waals surface area contributed by atoms with Gasteiger partial charge in [-0.1, -0.05) is 30.2 Å². The number of hydrogen-bond acceptors (Lipinski definition) is 4. The second-order valence-electron chi connectivity index (χ2n) is 8.85. The molecule has 1 N–H and O–H groups in total. The summed E-state index contributed by atoms with van der Waals surface area (Å²) in [6, 6.07) is 16.3. The molecule has 3 unspecified atom stereocenters. The van der Waals surface area contributed by atoms with Crippen LogP contribution in [-0.2, 0) is 0 Å². The molecular formula is C28H37N3O2. The summed E-state index contributed by atoms with van der Waals surface area (Å²) in [7, 11) is 0. The van der Waals surface area contributed by atoms with Crippen LogP contribution in [0.25, 0.3) is 0 Å². The van der Waals surface area contributed by atoms with Crippen molar-refractivity contribution < 1.29 is 9.90 Å². The van der Waals surface area contributed by atoms with Gasteiger partial charge in [0.05, 0.1) is 12.6 Å². The van der Waals surface area contributed by atoms with Gasteiger partial charge in [0, 0.05) is 43.8 Å². The zero-order chi connectivity index (χ0) is 24.0. The largest absolute Gasteiger partial charge is 0.508 e. The van der Waals surface area contributed by atoms with Crippen LogP contribution in [0.4, 0.5) is 0 Å². The predicted molar refractivity (Wildman–Crippen MR) is 134 cm³/mol. The molecule has 0 aromatic heterocycles. The van der Waals surface area contributed by atoms with Gasteiger partial charge in [-0.3, -0.25) is 14.6 Å². The first kappa shape index (κ1) is 24.8. The number of nitrogens with zero attached hydrogens (tertiary/aromatic N) is 3. The van der Waals surface area contributed by atoms with Gasteiger partial charge >= 0.3 is 0 Å². The molecule has 1 amide bonds. The lowest BCUT2D eigenvalue weighted by Gasteiger charge is -2.46. The van der Waals surface area contributed by atoms with Gasteiger partial charge in [-0.25, -0.2) is 0 Å². The summed E-state index contributed by atoms with van der Waals surface area (Å²) in [5.41, 5.74) is 2.89. The number of phenolic OH excluding ortho intramolecular Hbond substituents is 1. The smallest absolute Gasteiger partial charge is 0.253 e. The molecule has 1 aliphatic rings. The van der Waals surface area contributed by atoms with Gasteiger partial charge in [0.15, 0.2) is 0 Å². The van der Waals surface area contributed by atoms with E-state index in [0.717, 1.165) is 30.8 Å². The molecule has 1 heterocycles. The lowest BCUT2D eigenvalue weighted by Crippen LogP contribution is -2.57. The zero-order valence-corrected chi connectivity index (χ0v) is 20.6. The minimum Gasteiger partial charge on any atom is -0.508 e. The van der Waals surface area contributed by atoms with Crippen LogP contribution in [0.2, 0.25) is 0 Å². The Bertz CT molecular complexity index is 976. The van der Waals surface area contributed by atoms with Gasteiger partial charge in [0.1, 0.15) is 5.75 Å². The zero-order valence-electron chi connectivity index (χ0n) is 20.6. The molecule has 0 bridgehead atoms. The molecule has 0 spiro atoms. The monoisotopic (exact) mass is 447 g/mol. The summed E-state index contributed by atoms with van der Waals surface area (Å²) in [6.07, 6.45) is 0. The van der Waals surface area contributed by atoms with Crippen molar-refractivity contribution in [1.82, 2.24) is 14.7 Å². The molecule has 33 heavy (non-hydrogen) atoms. The number of aromatic hydroxyl groups is 1. The van der Waals surface area contributed by atoms with E-state index < -0.39 is 0 Å². The number of benzene rings is 2. The SMILES string of the molecule is CC#CCN1C(C)CN(C(c2ccc(C(=O)N(CC)CC)cc2)c2cccc(O)c2)CC1C. The number of rotatable bonds is 7. The van der Waals surface area contributed by atoms with Gasteiger partial charge in [0.2, 0.25) is 0 Å². The molecule has 0 saturated carbocycles. The lowest BCUT2D eigenvalue weighted by molar-refractivity contribution is 0.0336. The average Bonchev–Trinajstić information content (AvgIpc) is 2.80. The van der Waals surface area contributed by atoms with Crippen LogP contribution in [0.3, 0.4) is 0 Å². The maximum absolute atomic E-state index is 12.8. The molecule has 2 aromatic rings. The van der Waals surface area contributed by atoms with E-state index in [2.05, 4.69) is 53.7 Å². The van der Waals surface area contributed by atoms with Crippen molar-refractivity contribution in [3.63, 3.8) is 0 Å². The first-order valence-corrected chi connectivity index (χ1v) is 12.0. The van der Waals surface area contributed by atoms with E-state index in [9.17, 15) is 9.90 Å². The number of amides is 1. The molecule has 0 aliphatic carbocycles. The highest BCUT2D eigenvalue weighted by molar-refractivity contribution is 5.94. The minimum atomic E-state index is -0.000912. The third kappa shape index (κ3) is 5.76. The average molecular weight is 448 g/mol. The highest BCUT2D eigenvalue weighted by atomic mass is 16.3. The van der Waals surface area contributed by atoms with E-state index in [-0.39, 0.29) is 17.7 Å². The molecule has 5 heteroatoms. The Labute approximate surface area is 199 Å². The van der Waals surface area contributed by atoms with Crippen molar-refractivity contribution in [3.8, 4) is 17.6 Å². The number of carbonyl (C=O) groups excluding carboxylic acids is 1. The fourth-order valence-corrected chi connectivity index (χ4v) is 4.90. The summed E-state index contributed by atoms with van der Waals surface area (Å²) < 4.78 is 0. The Morgan fingerprint density at radius 1 is 1.06 bits per heavy atom. The van der Waals surface area contributed by atoms with Crippen LogP contribution in [0, 0.1) is 11.8 Å². The van der Waals surface area contributed by atoms with E-state index in [0.29, 0.717) is 30.7 Å². The number of hydrogen-bond donors (Lipinski definition) is 1. The number of piperazine rings is 1. The summed E-state index contributed by atoms with van der Waals surface area (Å²) >= 11 is 0. The third-order valence-corrected chi connectivity index (χ3v) is 6.64. The van der Waals surface area contributed by atoms with Crippen molar-refractivity contribution in [2.24, 2.45) is 0 Å². The predicted octanol–water partition coefficient (Wildman–Crippen LogP) is 4.38. The molecule has 1 fully saturated rings. The molecule has 0 radical (unpaired) electrons. The van der Waals surface area contributed by atoms with Gasteiger partial charge in [-0.05, 0) is 70.0 Å². The van der Waals surface area contributed by atoms with Crippen LogP contribution < -0.4 is 0 Å². The lowest BCUT2D eigenvalue weighted by atomic mass is 9.93. The maximum Gasteiger partial charge on any atom is 0.253 e. The first-order chi connectivity index (χ1) is 15.9. The molecule has 1 aliphatic heterocycles. The number of phenols is 1. The first-order valence-electron chi connectivity index (χ1n) is 12.0. The molecular weight excluding hydrogens is 410 g/mol. The minimum absolute atomic E-state index is 0.000912. The third-order valence-electron chi connectivity index (χ3n) is 6.64. The second-order valence-corrected chi connectivity index (χ2v) is 8.85. The summed E-state index contributed by atoms with van der Waals surface area (Å²) in [5, 5.41) is 10.2. The molecule has 3 atom stereocenters. The standard InChI is InChI=1S/C28H37N3O2/c1-6-9-17-31-21(4)19-30(20-22(31)5)27(25-11-10-12-26(32)18-25)23-13-15-24(16-14-23)28(33)29(7-2)8-3/h10-16,18,21-22,27,32H,7-8,17,19-20H2,1-5H3.